The molecule has 1 N–H and O–H groups in total. The molecule has 0 spiro atoms. The monoisotopic (exact) mass is 224 g/mol. The van der Waals surface area contributed by atoms with E-state index < -0.39 is 0 Å². The molecule has 1 rings (SSSR count). The Labute approximate surface area is 101 Å². The van der Waals surface area contributed by atoms with Crippen molar-refractivity contribution in [2.24, 2.45) is 17.3 Å². The SMILES string of the molecule is C=C(C)CCC1CC(C(C)(C)C)CCC1O. The summed E-state index contributed by atoms with van der Waals surface area (Å²) >= 11 is 0. The molecule has 1 nitrogen and oxygen atoms in total. The second-order valence-corrected chi connectivity index (χ2v) is 6.70. The van der Waals surface area contributed by atoms with Gasteiger partial charge in [0.05, 0.1) is 6.10 Å². The number of hydrogen-bond donors (Lipinski definition) is 1. The van der Waals surface area contributed by atoms with Gasteiger partial charge in [0.2, 0.25) is 0 Å². The van der Waals surface area contributed by atoms with Crippen LogP contribution in [0.1, 0.15) is 59.8 Å². The summed E-state index contributed by atoms with van der Waals surface area (Å²) in [6.45, 7) is 13.0. The van der Waals surface area contributed by atoms with E-state index in [0.29, 0.717) is 11.3 Å². The van der Waals surface area contributed by atoms with Crippen molar-refractivity contribution in [3.63, 3.8) is 0 Å². The molecule has 0 aromatic carbocycles. The van der Waals surface area contributed by atoms with Crippen molar-refractivity contribution < 1.29 is 5.11 Å². The molecule has 3 atom stereocenters. The molecule has 0 saturated heterocycles. The lowest BCUT2D eigenvalue weighted by Crippen LogP contribution is -2.34. The predicted octanol–water partition coefficient (Wildman–Crippen LogP) is 4.17. The largest absolute Gasteiger partial charge is 0.393 e. The summed E-state index contributed by atoms with van der Waals surface area (Å²) < 4.78 is 0. The molecule has 1 aliphatic rings. The normalized spacial score (nSPS) is 31.4. The van der Waals surface area contributed by atoms with E-state index in [2.05, 4.69) is 34.3 Å². The van der Waals surface area contributed by atoms with Gasteiger partial charge in [-0.2, -0.15) is 0 Å². The Balaban J connectivity index is 2.51. The second kappa shape index (κ2) is 5.35. The maximum Gasteiger partial charge on any atom is 0.0568 e. The molecule has 1 fully saturated rings. The number of rotatable bonds is 3. The Morgan fingerprint density at radius 1 is 1.31 bits per heavy atom. The molecule has 0 bridgehead atoms. The average Bonchev–Trinajstić information content (AvgIpc) is 2.14. The van der Waals surface area contributed by atoms with Crippen LogP contribution in [0.25, 0.3) is 0 Å². The van der Waals surface area contributed by atoms with E-state index in [1.165, 1.54) is 18.4 Å². The van der Waals surface area contributed by atoms with Crippen molar-refractivity contribution in [3.05, 3.63) is 12.2 Å². The molecular weight excluding hydrogens is 196 g/mol. The van der Waals surface area contributed by atoms with Crippen LogP contribution < -0.4 is 0 Å². The van der Waals surface area contributed by atoms with Gasteiger partial charge in [0.1, 0.15) is 0 Å². The summed E-state index contributed by atoms with van der Waals surface area (Å²) in [6, 6.07) is 0. The molecule has 0 radical (unpaired) electrons. The van der Waals surface area contributed by atoms with Gasteiger partial charge in [-0.15, -0.1) is 6.58 Å². The molecule has 1 saturated carbocycles. The molecule has 0 aromatic heterocycles. The van der Waals surface area contributed by atoms with E-state index in [4.69, 9.17) is 0 Å². The molecule has 0 aromatic rings. The molecule has 3 unspecified atom stereocenters. The first-order valence-corrected chi connectivity index (χ1v) is 6.63. The number of aliphatic hydroxyl groups is 1. The van der Waals surface area contributed by atoms with E-state index in [-0.39, 0.29) is 6.10 Å². The smallest absolute Gasteiger partial charge is 0.0568 e. The lowest BCUT2D eigenvalue weighted by Gasteiger charge is -2.40. The van der Waals surface area contributed by atoms with Gasteiger partial charge < -0.3 is 5.11 Å². The molecule has 16 heavy (non-hydrogen) atoms. The Morgan fingerprint density at radius 3 is 2.44 bits per heavy atom. The lowest BCUT2D eigenvalue weighted by molar-refractivity contribution is 0.0160. The molecular formula is C15H28O. The van der Waals surface area contributed by atoms with Crippen LogP contribution in [0, 0.1) is 17.3 Å². The van der Waals surface area contributed by atoms with Crippen LogP contribution in [0.15, 0.2) is 12.2 Å². The van der Waals surface area contributed by atoms with Gasteiger partial charge in [-0.05, 0) is 56.3 Å². The van der Waals surface area contributed by atoms with Crippen molar-refractivity contribution >= 4 is 0 Å². The molecule has 1 heteroatoms. The summed E-state index contributed by atoms with van der Waals surface area (Å²) in [5.41, 5.74) is 1.63. The summed E-state index contributed by atoms with van der Waals surface area (Å²) in [4.78, 5) is 0. The highest BCUT2D eigenvalue weighted by molar-refractivity contribution is 4.91. The standard InChI is InChI=1S/C15H28O/c1-11(2)6-7-12-10-13(15(3,4)5)8-9-14(12)16/h12-14,16H,1,6-10H2,2-5H3. The minimum Gasteiger partial charge on any atom is -0.393 e. The topological polar surface area (TPSA) is 20.2 Å². The third-order valence-corrected chi connectivity index (χ3v) is 4.11. The summed E-state index contributed by atoms with van der Waals surface area (Å²) in [7, 11) is 0. The number of aliphatic hydroxyl groups excluding tert-OH is 1. The van der Waals surface area contributed by atoms with Gasteiger partial charge in [0.15, 0.2) is 0 Å². The van der Waals surface area contributed by atoms with E-state index in [9.17, 15) is 5.11 Å². The van der Waals surface area contributed by atoms with Gasteiger partial charge in [-0.25, -0.2) is 0 Å². The van der Waals surface area contributed by atoms with Crippen molar-refractivity contribution in [1.29, 1.82) is 0 Å². The minimum atomic E-state index is -0.0713. The van der Waals surface area contributed by atoms with Gasteiger partial charge >= 0.3 is 0 Å². The number of hydrogen-bond acceptors (Lipinski definition) is 1. The Bertz CT molecular complexity index is 236. The third kappa shape index (κ3) is 3.93. The number of allylic oxidation sites excluding steroid dienone is 1. The van der Waals surface area contributed by atoms with E-state index >= 15 is 0 Å². The van der Waals surface area contributed by atoms with Crippen LogP contribution in [-0.2, 0) is 0 Å². The Kier molecular flexibility index (Phi) is 4.61. The van der Waals surface area contributed by atoms with Crippen LogP contribution in [0.5, 0.6) is 0 Å². The van der Waals surface area contributed by atoms with Crippen molar-refractivity contribution in [3.8, 4) is 0 Å². The zero-order valence-corrected chi connectivity index (χ0v) is 11.4. The highest BCUT2D eigenvalue weighted by Crippen LogP contribution is 2.41. The predicted molar refractivity (Wildman–Crippen MR) is 70.3 cm³/mol. The zero-order chi connectivity index (χ0) is 12.3. The lowest BCUT2D eigenvalue weighted by atomic mass is 9.67. The van der Waals surface area contributed by atoms with E-state index in [1.54, 1.807) is 0 Å². The fraction of sp³-hybridized carbons (Fsp3) is 0.867. The average molecular weight is 224 g/mol. The van der Waals surface area contributed by atoms with Crippen molar-refractivity contribution in [2.45, 2.75) is 65.9 Å². The van der Waals surface area contributed by atoms with Crippen molar-refractivity contribution in [1.82, 2.24) is 0 Å². The van der Waals surface area contributed by atoms with Crippen LogP contribution in [-0.4, -0.2) is 11.2 Å². The minimum absolute atomic E-state index is 0.0713. The maximum atomic E-state index is 10.0. The van der Waals surface area contributed by atoms with Gasteiger partial charge in [0, 0.05) is 0 Å². The highest BCUT2D eigenvalue weighted by Gasteiger charge is 2.34. The Hall–Kier alpha value is -0.300. The molecule has 0 amide bonds. The third-order valence-electron chi connectivity index (χ3n) is 4.11. The van der Waals surface area contributed by atoms with Crippen molar-refractivity contribution in [2.75, 3.05) is 0 Å². The van der Waals surface area contributed by atoms with Crippen LogP contribution in [0.4, 0.5) is 0 Å². The fourth-order valence-electron chi connectivity index (χ4n) is 2.78. The van der Waals surface area contributed by atoms with E-state index in [1.807, 2.05) is 0 Å². The first-order valence-electron chi connectivity index (χ1n) is 6.63. The van der Waals surface area contributed by atoms with Crippen LogP contribution in [0.3, 0.4) is 0 Å². The maximum absolute atomic E-state index is 10.0. The molecule has 0 heterocycles. The first-order chi connectivity index (χ1) is 7.30. The summed E-state index contributed by atoms with van der Waals surface area (Å²) in [5, 5.41) is 10.0. The summed E-state index contributed by atoms with van der Waals surface area (Å²) in [5.74, 6) is 1.26. The first kappa shape index (κ1) is 13.8. The van der Waals surface area contributed by atoms with Crippen LogP contribution in [0.2, 0.25) is 0 Å². The highest BCUT2D eigenvalue weighted by atomic mass is 16.3. The summed E-state index contributed by atoms with van der Waals surface area (Å²) in [6.07, 6.45) is 5.48. The van der Waals surface area contributed by atoms with Gasteiger partial charge in [-0.1, -0.05) is 26.3 Å². The zero-order valence-electron chi connectivity index (χ0n) is 11.4. The quantitative estimate of drug-likeness (QED) is 0.713. The fourth-order valence-corrected chi connectivity index (χ4v) is 2.78. The van der Waals surface area contributed by atoms with E-state index in [0.717, 1.165) is 25.2 Å². The second-order valence-electron chi connectivity index (χ2n) is 6.70. The van der Waals surface area contributed by atoms with Crippen LogP contribution >= 0.6 is 0 Å². The molecule has 94 valence electrons. The molecule has 1 aliphatic carbocycles. The Morgan fingerprint density at radius 2 is 1.94 bits per heavy atom. The molecule has 0 aliphatic heterocycles. The van der Waals surface area contributed by atoms with Gasteiger partial charge in [0.25, 0.3) is 0 Å². The van der Waals surface area contributed by atoms with Gasteiger partial charge in [-0.3, -0.25) is 0 Å².